The van der Waals surface area contributed by atoms with Crippen molar-refractivity contribution in [3.05, 3.63) is 24.3 Å². The minimum absolute atomic E-state index is 0.159. The zero-order valence-corrected chi connectivity index (χ0v) is 12.5. The van der Waals surface area contributed by atoms with E-state index in [1.165, 1.54) is 0 Å². The summed E-state index contributed by atoms with van der Waals surface area (Å²) in [6.45, 7) is 1.70. The van der Waals surface area contributed by atoms with Crippen molar-refractivity contribution < 1.29 is 19.4 Å². The summed E-state index contributed by atoms with van der Waals surface area (Å²) in [4.78, 5) is 12.1. The van der Waals surface area contributed by atoms with Gasteiger partial charge in [-0.05, 0) is 44.0 Å². The Labute approximate surface area is 125 Å². The smallest absolute Gasteiger partial charge is 0.261 e. The predicted molar refractivity (Wildman–Crippen MR) is 79.5 cm³/mol. The molecule has 1 saturated carbocycles. The molecule has 0 radical (unpaired) electrons. The van der Waals surface area contributed by atoms with Crippen LogP contribution in [0.3, 0.4) is 0 Å². The number of carbonyl (C=O) groups excluding carboxylic acids is 1. The topological polar surface area (TPSA) is 67.8 Å². The lowest BCUT2D eigenvalue weighted by atomic mass is 9.92. The average molecular weight is 293 g/mol. The molecule has 2 rings (SSSR count). The number of aliphatic hydroxyl groups is 1. The monoisotopic (exact) mass is 293 g/mol. The predicted octanol–water partition coefficient (Wildman–Crippen LogP) is 1.88. The summed E-state index contributed by atoms with van der Waals surface area (Å²) in [6, 6.07) is 6.93. The van der Waals surface area contributed by atoms with Crippen LogP contribution < -0.4 is 14.8 Å². The average Bonchev–Trinajstić information content (AvgIpc) is 2.50. The van der Waals surface area contributed by atoms with Crippen LogP contribution in [0.4, 0.5) is 0 Å². The maximum Gasteiger partial charge on any atom is 0.261 e. The van der Waals surface area contributed by atoms with E-state index < -0.39 is 12.2 Å². The van der Waals surface area contributed by atoms with E-state index in [4.69, 9.17) is 9.47 Å². The number of hydrogen-bond donors (Lipinski definition) is 2. The molecule has 1 aliphatic rings. The van der Waals surface area contributed by atoms with Crippen molar-refractivity contribution in [2.75, 3.05) is 7.11 Å². The molecule has 0 spiro atoms. The fraction of sp³-hybridized carbons (Fsp3) is 0.562. The summed E-state index contributed by atoms with van der Waals surface area (Å²) in [7, 11) is 1.60. The van der Waals surface area contributed by atoms with Crippen molar-refractivity contribution in [3.63, 3.8) is 0 Å². The van der Waals surface area contributed by atoms with E-state index in [1.807, 2.05) is 0 Å². The Morgan fingerprint density at radius 3 is 2.48 bits per heavy atom. The first-order valence-corrected chi connectivity index (χ1v) is 7.39. The molecule has 0 heterocycles. The third-order valence-corrected chi connectivity index (χ3v) is 3.80. The summed E-state index contributed by atoms with van der Waals surface area (Å²) in [6.07, 6.45) is 2.57. The van der Waals surface area contributed by atoms with Gasteiger partial charge in [-0.1, -0.05) is 12.8 Å². The van der Waals surface area contributed by atoms with Gasteiger partial charge in [0.1, 0.15) is 11.5 Å². The normalized spacial score (nSPS) is 23.2. The molecule has 5 nitrogen and oxygen atoms in total. The van der Waals surface area contributed by atoms with Crippen LogP contribution in [0.2, 0.25) is 0 Å². The highest BCUT2D eigenvalue weighted by atomic mass is 16.5. The first-order chi connectivity index (χ1) is 10.1. The number of carbonyl (C=O) groups is 1. The Bertz CT molecular complexity index is 460. The molecule has 1 aromatic carbocycles. The number of nitrogens with one attached hydrogen (secondary N) is 1. The minimum Gasteiger partial charge on any atom is -0.497 e. The van der Waals surface area contributed by atoms with Crippen molar-refractivity contribution in [1.29, 1.82) is 0 Å². The van der Waals surface area contributed by atoms with Crippen LogP contribution in [0.15, 0.2) is 24.3 Å². The molecule has 5 heteroatoms. The molecule has 0 saturated heterocycles. The summed E-state index contributed by atoms with van der Waals surface area (Å²) in [5.41, 5.74) is 0. The van der Waals surface area contributed by atoms with Crippen LogP contribution in [-0.4, -0.2) is 36.4 Å². The van der Waals surface area contributed by atoms with Crippen molar-refractivity contribution in [3.8, 4) is 11.5 Å². The summed E-state index contributed by atoms with van der Waals surface area (Å²) in [5.74, 6) is 1.16. The molecule has 1 aromatic rings. The molecule has 2 N–H and O–H groups in total. The number of rotatable bonds is 5. The maximum atomic E-state index is 12.1. The number of hydrogen-bond acceptors (Lipinski definition) is 4. The fourth-order valence-electron chi connectivity index (χ4n) is 2.49. The Balaban J connectivity index is 1.86. The highest BCUT2D eigenvalue weighted by Crippen LogP contribution is 2.20. The number of methoxy groups -OCH3 is 1. The van der Waals surface area contributed by atoms with Gasteiger partial charge < -0.3 is 19.9 Å². The Morgan fingerprint density at radius 2 is 1.86 bits per heavy atom. The molecule has 21 heavy (non-hydrogen) atoms. The van der Waals surface area contributed by atoms with E-state index in [1.54, 1.807) is 38.3 Å². The summed E-state index contributed by atoms with van der Waals surface area (Å²) in [5, 5.41) is 12.8. The zero-order valence-electron chi connectivity index (χ0n) is 12.5. The Kier molecular flexibility index (Phi) is 5.44. The van der Waals surface area contributed by atoms with E-state index in [0.717, 1.165) is 31.4 Å². The van der Waals surface area contributed by atoms with Crippen LogP contribution in [-0.2, 0) is 4.79 Å². The lowest BCUT2D eigenvalue weighted by molar-refractivity contribution is -0.129. The van der Waals surface area contributed by atoms with E-state index in [-0.39, 0.29) is 11.9 Å². The SMILES string of the molecule is COc1ccc(OC(C)C(=O)NC2CCCCC2O)cc1. The number of aliphatic hydroxyl groups excluding tert-OH is 1. The van der Waals surface area contributed by atoms with Crippen LogP contribution in [0.5, 0.6) is 11.5 Å². The molecular formula is C16H23NO4. The molecule has 1 amide bonds. The van der Waals surface area contributed by atoms with E-state index >= 15 is 0 Å². The largest absolute Gasteiger partial charge is 0.497 e. The lowest BCUT2D eigenvalue weighted by Crippen LogP contribution is -2.49. The highest BCUT2D eigenvalue weighted by molar-refractivity contribution is 5.81. The quantitative estimate of drug-likeness (QED) is 0.870. The molecular weight excluding hydrogens is 270 g/mol. The maximum absolute atomic E-state index is 12.1. The van der Waals surface area contributed by atoms with Crippen molar-refractivity contribution >= 4 is 5.91 Å². The van der Waals surface area contributed by atoms with Crippen LogP contribution >= 0.6 is 0 Å². The van der Waals surface area contributed by atoms with Gasteiger partial charge in [-0.25, -0.2) is 0 Å². The minimum atomic E-state index is -0.604. The fourth-order valence-corrected chi connectivity index (χ4v) is 2.49. The second-order valence-electron chi connectivity index (χ2n) is 5.40. The highest BCUT2D eigenvalue weighted by Gasteiger charge is 2.26. The molecule has 3 unspecified atom stereocenters. The van der Waals surface area contributed by atoms with Crippen molar-refractivity contribution in [2.24, 2.45) is 0 Å². The zero-order chi connectivity index (χ0) is 15.2. The van der Waals surface area contributed by atoms with Gasteiger partial charge in [0.2, 0.25) is 0 Å². The third-order valence-electron chi connectivity index (χ3n) is 3.80. The lowest BCUT2D eigenvalue weighted by Gasteiger charge is -2.29. The van der Waals surface area contributed by atoms with Gasteiger partial charge in [-0.2, -0.15) is 0 Å². The van der Waals surface area contributed by atoms with E-state index in [0.29, 0.717) is 5.75 Å². The van der Waals surface area contributed by atoms with Crippen LogP contribution in [0.1, 0.15) is 32.6 Å². The van der Waals surface area contributed by atoms with E-state index in [2.05, 4.69) is 5.32 Å². The Morgan fingerprint density at radius 1 is 1.24 bits per heavy atom. The van der Waals surface area contributed by atoms with Gasteiger partial charge in [-0.3, -0.25) is 4.79 Å². The van der Waals surface area contributed by atoms with Crippen molar-refractivity contribution in [2.45, 2.75) is 50.9 Å². The molecule has 0 aromatic heterocycles. The molecule has 0 aliphatic heterocycles. The number of benzene rings is 1. The number of amides is 1. The number of ether oxygens (including phenoxy) is 2. The van der Waals surface area contributed by atoms with Gasteiger partial charge in [-0.15, -0.1) is 0 Å². The standard InChI is InChI=1S/C16H23NO4/c1-11(21-13-9-7-12(20-2)8-10-13)16(19)17-14-5-3-4-6-15(14)18/h7-11,14-15,18H,3-6H2,1-2H3,(H,17,19). The van der Waals surface area contributed by atoms with Crippen molar-refractivity contribution in [1.82, 2.24) is 5.32 Å². The molecule has 1 fully saturated rings. The molecule has 1 aliphatic carbocycles. The van der Waals surface area contributed by atoms with Gasteiger partial charge in [0.05, 0.1) is 19.3 Å². The second kappa shape index (κ2) is 7.31. The summed E-state index contributed by atoms with van der Waals surface area (Å²) >= 11 is 0. The van der Waals surface area contributed by atoms with Crippen LogP contribution in [0, 0.1) is 0 Å². The summed E-state index contributed by atoms with van der Waals surface area (Å²) < 4.78 is 10.7. The second-order valence-corrected chi connectivity index (χ2v) is 5.40. The molecule has 3 atom stereocenters. The molecule has 116 valence electrons. The first kappa shape index (κ1) is 15.6. The van der Waals surface area contributed by atoms with E-state index in [9.17, 15) is 9.90 Å². The third kappa shape index (κ3) is 4.36. The Hall–Kier alpha value is -1.75. The van der Waals surface area contributed by atoms with Gasteiger partial charge >= 0.3 is 0 Å². The van der Waals surface area contributed by atoms with Gasteiger partial charge in [0.25, 0.3) is 5.91 Å². The van der Waals surface area contributed by atoms with Crippen LogP contribution in [0.25, 0.3) is 0 Å². The molecule has 0 bridgehead atoms. The van der Waals surface area contributed by atoms with Gasteiger partial charge in [0.15, 0.2) is 6.10 Å². The first-order valence-electron chi connectivity index (χ1n) is 7.39. The van der Waals surface area contributed by atoms with Gasteiger partial charge in [0, 0.05) is 0 Å².